The summed E-state index contributed by atoms with van der Waals surface area (Å²) in [7, 11) is 0. The van der Waals surface area contributed by atoms with Crippen LogP contribution >= 0.6 is 15.9 Å². The minimum Gasteiger partial charge on any atom is -0.369 e. The lowest BCUT2D eigenvalue weighted by molar-refractivity contribution is 0.293. The van der Waals surface area contributed by atoms with Crippen molar-refractivity contribution in [3.8, 4) is 0 Å². The summed E-state index contributed by atoms with van der Waals surface area (Å²) in [5.41, 5.74) is 7.68. The first-order chi connectivity index (χ1) is 9.65. The highest BCUT2D eigenvalue weighted by atomic mass is 79.9. The van der Waals surface area contributed by atoms with Gasteiger partial charge in [0.25, 0.3) is 0 Å². The Morgan fingerprint density at radius 2 is 2.10 bits per heavy atom. The molecule has 0 bridgehead atoms. The molecule has 0 saturated carbocycles. The van der Waals surface area contributed by atoms with Crippen LogP contribution in [0.25, 0.3) is 11.0 Å². The van der Waals surface area contributed by atoms with Gasteiger partial charge >= 0.3 is 0 Å². The molecule has 3 heterocycles. The van der Waals surface area contributed by atoms with E-state index in [2.05, 4.69) is 30.4 Å². The Bertz CT molecular complexity index is 683. The van der Waals surface area contributed by atoms with Crippen LogP contribution in [0.1, 0.15) is 25.3 Å². The number of nitrogen functional groups attached to an aromatic ring is 1. The molecule has 20 heavy (non-hydrogen) atoms. The smallest absolute Gasteiger partial charge is 0.201 e. The Kier molecular flexibility index (Phi) is 2.79. The Morgan fingerprint density at radius 1 is 1.25 bits per heavy atom. The van der Waals surface area contributed by atoms with E-state index >= 15 is 0 Å². The van der Waals surface area contributed by atoms with Gasteiger partial charge in [-0.3, -0.25) is 4.90 Å². The summed E-state index contributed by atoms with van der Waals surface area (Å²) < 4.78 is 16.2. The van der Waals surface area contributed by atoms with E-state index in [4.69, 9.17) is 5.73 Å². The average Bonchev–Trinajstić information content (AvgIpc) is 3.05. The van der Waals surface area contributed by atoms with Crippen molar-refractivity contribution >= 4 is 32.9 Å². The Hall–Kier alpha value is -1.14. The standard InChI is InChI=1S/C14H16BrFN4/c15-8-6-13-10(7-9(8)16)18-14(17)20(13)12-3-5-19-4-1-2-11(12)19/h6-7,11-12H,1-5H2,(H2,17,18). The summed E-state index contributed by atoms with van der Waals surface area (Å²) in [6, 6.07) is 4.16. The third kappa shape index (κ3) is 1.71. The normalized spacial score (nSPS) is 26.5. The van der Waals surface area contributed by atoms with Crippen LogP contribution < -0.4 is 5.73 Å². The first kappa shape index (κ1) is 12.6. The summed E-state index contributed by atoms with van der Waals surface area (Å²) in [6.45, 7) is 2.31. The molecule has 0 aliphatic carbocycles. The number of fused-ring (bicyclic) bond motifs is 2. The molecule has 2 saturated heterocycles. The van der Waals surface area contributed by atoms with Gasteiger partial charge in [-0.1, -0.05) is 0 Å². The van der Waals surface area contributed by atoms with Crippen molar-refractivity contribution in [2.45, 2.75) is 31.3 Å². The first-order valence-corrected chi connectivity index (χ1v) is 7.81. The number of aromatic nitrogens is 2. The van der Waals surface area contributed by atoms with E-state index in [0.29, 0.717) is 28.0 Å². The highest BCUT2D eigenvalue weighted by Crippen LogP contribution is 2.39. The lowest BCUT2D eigenvalue weighted by atomic mass is 10.1. The molecule has 2 aliphatic heterocycles. The van der Waals surface area contributed by atoms with Crippen molar-refractivity contribution in [2.75, 3.05) is 18.8 Å². The molecule has 2 fully saturated rings. The topological polar surface area (TPSA) is 47.1 Å². The van der Waals surface area contributed by atoms with Gasteiger partial charge in [-0.2, -0.15) is 0 Å². The zero-order chi connectivity index (χ0) is 13.9. The average molecular weight is 339 g/mol. The molecule has 0 spiro atoms. The van der Waals surface area contributed by atoms with Gasteiger partial charge in [-0.05, 0) is 47.8 Å². The van der Waals surface area contributed by atoms with Gasteiger partial charge in [0.15, 0.2) is 0 Å². The van der Waals surface area contributed by atoms with E-state index in [1.54, 1.807) is 6.07 Å². The summed E-state index contributed by atoms with van der Waals surface area (Å²) in [6.07, 6.45) is 3.56. The number of imidazole rings is 1. The zero-order valence-electron chi connectivity index (χ0n) is 11.0. The minimum absolute atomic E-state index is 0.295. The number of nitrogens with zero attached hydrogens (tertiary/aromatic N) is 3. The van der Waals surface area contributed by atoms with Crippen LogP contribution in [0.15, 0.2) is 16.6 Å². The molecule has 2 aromatic rings. The maximum Gasteiger partial charge on any atom is 0.201 e. The van der Waals surface area contributed by atoms with Crippen LogP contribution in [0, 0.1) is 5.82 Å². The third-order valence-electron chi connectivity index (χ3n) is 4.66. The fourth-order valence-corrected chi connectivity index (χ4v) is 4.15. The molecule has 2 aliphatic rings. The summed E-state index contributed by atoms with van der Waals surface area (Å²) in [4.78, 5) is 6.87. The lowest BCUT2D eigenvalue weighted by Gasteiger charge is -2.23. The Balaban J connectivity index is 1.87. The number of nitrogens with two attached hydrogens (primary N) is 1. The monoisotopic (exact) mass is 338 g/mol. The second-order valence-corrected chi connectivity index (χ2v) is 6.55. The fraction of sp³-hybridized carbons (Fsp3) is 0.500. The largest absolute Gasteiger partial charge is 0.369 e. The van der Waals surface area contributed by atoms with Crippen LogP contribution in [0.2, 0.25) is 0 Å². The number of rotatable bonds is 1. The van der Waals surface area contributed by atoms with Crippen molar-refractivity contribution in [1.82, 2.24) is 14.5 Å². The maximum absolute atomic E-state index is 13.6. The van der Waals surface area contributed by atoms with E-state index in [1.165, 1.54) is 25.5 Å². The second-order valence-electron chi connectivity index (χ2n) is 5.70. The predicted octanol–water partition coefficient (Wildman–Crippen LogP) is 2.93. The molecule has 2 N–H and O–H groups in total. The molecule has 4 rings (SSSR count). The van der Waals surface area contributed by atoms with Crippen molar-refractivity contribution in [3.63, 3.8) is 0 Å². The number of anilines is 1. The number of hydrogen-bond donors (Lipinski definition) is 1. The number of halogens is 2. The first-order valence-electron chi connectivity index (χ1n) is 7.01. The van der Waals surface area contributed by atoms with Gasteiger partial charge in [0.1, 0.15) is 5.82 Å². The van der Waals surface area contributed by atoms with Crippen LogP contribution in [-0.2, 0) is 0 Å². The zero-order valence-corrected chi connectivity index (χ0v) is 12.6. The van der Waals surface area contributed by atoms with E-state index < -0.39 is 0 Å². The van der Waals surface area contributed by atoms with Crippen LogP contribution in [0.5, 0.6) is 0 Å². The molecular weight excluding hydrogens is 323 g/mol. The number of benzene rings is 1. The van der Waals surface area contributed by atoms with Gasteiger partial charge < -0.3 is 10.3 Å². The second kappa shape index (κ2) is 4.43. The molecule has 0 radical (unpaired) electrons. The van der Waals surface area contributed by atoms with E-state index in [1.807, 2.05) is 0 Å². The van der Waals surface area contributed by atoms with Crippen molar-refractivity contribution in [2.24, 2.45) is 0 Å². The molecular formula is C14H16BrFN4. The quantitative estimate of drug-likeness (QED) is 0.869. The van der Waals surface area contributed by atoms with Crippen LogP contribution in [-0.4, -0.2) is 33.6 Å². The molecule has 1 aromatic carbocycles. The highest BCUT2D eigenvalue weighted by Gasteiger charge is 2.39. The number of hydrogen-bond acceptors (Lipinski definition) is 3. The lowest BCUT2D eigenvalue weighted by Crippen LogP contribution is -2.28. The Labute approximate surface area is 124 Å². The van der Waals surface area contributed by atoms with Gasteiger partial charge in [0.2, 0.25) is 5.95 Å². The van der Waals surface area contributed by atoms with Crippen molar-refractivity contribution < 1.29 is 4.39 Å². The van der Waals surface area contributed by atoms with Crippen LogP contribution in [0.3, 0.4) is 0 Å². The highest BCUT2D eigenvalue weighted by molar-refractivity contribution is 9.10. The van der Waals surface area contributed by atoms with Crippen molar-refractivity contribution in [3.05, 3.63) is 22.4 Å². The molecule has 2 unspecified atom stereocenters. The summed E-state index contributed by atoms with van der Waals surface area (Å²) in [5, 5.41) is 0. The van der Waals surface area contributed by atoms with Gasteiger partial charge in [-0.15, -0.1) is 0 Å². The fourth-order valence-electron chi connectivity index (χ4n) is 3.81. The maximum atomic E-state index is 13.6. The third-order valence-corrected chi connectivity index (χ3v) is 5.27. The van der Waals surface area contributed by atoms with E-state index in [9.17, 15) is 4.39 Å². The van der Waals surface area contributed by atoms with Gasteiger partial charge in [0, 0.05) is 18.7 Å². The Morgan fingerprint density at radius 3 is 2.95 bits per heavy atom. The molecule has 2 atom stereocenters. The predicted molar refractivity (Wildman–Crippen MR) is 80.1 cm³/mol. The van der Waals surface area contributed by atoms with Crippen LogP contribution in [0.4, 0.5) is 10.3 Å². The molecule has 106 valence electrons. The SMILES string of the molecule is Nc1nc2cc(F)c(Br)cc2n1C1CCN2CCCC12. The summed E-state index contributed by atoms with van der Waals surface area (Å²) >= 11 is 3.26. The van der Waals surface area contributed by atoms with Gasteiger partial charge in [-0.25, -0.2) is 9.37 Å². The van der Waals surface area contributed by atoms with E-state index in [-0.39, 0.29) is 5.82 Å². The van der Waals surface area contributed by atoms with E-state index in [0.717, 1.165) is 18.5 Å². The molecule has 6 heteroatoms. The molecule has 0 amide bonds. The van der Waals surface area contributed by atoms with Crippen molar-refractivity contribution in [1.29, 1.82) is 0 Å². The molecule has 4 nitrogen and oxygen atoms in total. The summed E-state index contributed by atoms with van der Waals surface area (Å²) in [5.74, 6) is 0.201. The van der Waals surface area contributed by atoms with Gasteiger partial charge in [0.05, 0.1) is 21.5 Å². The molecule has 1 aromatic heterocycles. The minimum atomic E-state index is -0.295.